The van der Waals surface area contributed by atoms with E-state index < -0.39 is 0 Å². The van der Waals surface area contributed by atoms with Gasteiger partial charge in [-0.25, -0.2) is 0 Å². The number of carbonyl (C=O) groups is 1. The third kappa shape index (κ3) is 1.96. The minimum Gasteiger partial charge on any atom is -0.350 e. The van der Waals surface area contributed by atoms with Crippen LogP contribution >= 0.6 is 0 Å². The largest absolute Gasteiger partial charge is 0.350 e. The molecule has 4 unspecified atom stereocenters. The molecule has 124 valence electrons. The van der Waals surface area contributed by atoms with Gasteiger partial charge in [0.2, 0.25) is 5.91 Å². The number of amides is 1. The first-order valence-electron chi connectivity index (χ1n) is 9.01. The van der Waals surface area contributed by atoms with Crippen molar-refractivity contribution in [2.75, 3.05) is 13.1 Å². The van der Waals surface area contributed by atoms with Gasteiger partial charge in [0, 0.05) is 25.0 Å². The van der Waals surface area contributed by atoms with Crippen molar-refractivity contribution in [2.45, 2.75) is 31.0 Å². The van der Waals surface area contributed by atoms with Gasteiger partial charge in [-0.1, -0.05) is 42.5 Å². The maximum Gasteiger partial charge on any atom is 0.242 e. The third-order valence-corrected chi connectivity index (χ3v) is 6.37. The van der Waals surface area contributed by atoms with Crippen molar-refractivity contribution in [3.63, 3.8) is 0 Å². The fourth-order valence-electron chi connectivity index (χ4n) is 5.20. The Morgan fingerprint density at radius 1 is 1.12 bits per heavy atom. The van der Waals surface area contributed by atoms with Crippen molar-refractivity contribution in [1.29, 1.82) is 0 Å². The molecule has 0 radical (unpaired) electrons. The van der Waals surface area contributed by atoms with Crippen LogP contribution in [0.5, 0.6) is 0 Å². The Hall–Kier alpha value is -1.91. The average Bonchev–Trinajstić information content (AvgIpc) is 2.89. The molecule has 1 saturated carbocycles. The summed E-state index contributed by atoms with van der Waals surface area (Å²) in [5.74, 6) is 1.35. The number of nitrogens with one attached hydrogen (secondary N) is 3. The number of piperidine rings is 2. The van der Waals surface area contributed by atoms with Crippen molar-refractivity contribution in [3.8, 4) is 0 Å². The number of hydrogen-bond acceptors (Lipinski definition) is 3. The van der Waals surface area contributed by atoms with E-state index in [1.165, 1.54) is 22.8 Å². The first kappa shape index (κ1) is 14.4. The van der Waals surface area contributed by atoms with Gasteiger partial charge in [0.05, 0.1) is 0 Å². The zero-order valence-electron chi connectivity index (χ0n) is 13.7. The van der Waals surface area contributed by atoms with Gasteiger partial charge in [-0.15, -0.1) is 0 Å². The van der Waals surface area contributed by atoms with Crippen LogP contribution < -0.4 is 16.0 Å². The molecule has 4 atom stereocenters. The van der Waals surface area contributed by atoms with Crippen molar-refractivity contribution in [2.24, 2.45) is 11.8 Å². The average molecular weight is 321 g/mol. The highest BCUT2D eigenvalue weighted by molar-refractivity contribution is 5.90. The van der Waals surface area contributed by atoms with Crippen LogP contribution in [0.4, 0.5) is 0 Å². The number of carbonyl (C=O) groups excluding carboxylic acids is 1. The van der Waals surface area contributed by atoms with Crippen molar-refractivity contribution in [1.82, 2.24) is 16.0 Å². The monoisotopic (exact) mass is 321 g/mol. The molecule has 3 heterocycles. The van der Waals surface area contributed by atoms with E-state index in [1.54, 1.807) is 0 Å². The van der Waals surface area contributed by atoms with Gasteiger partial charge in [-0.05, 0) is 41.6 Å². The molecular weight excluding hydrogens is 298 g/mol. The van der Waals surface area contributed by atoms with E-state index in [1.807, 2.05) is 0 Å². The maximum absolute atomic E-state index is 13.1. The van der Waals surface area contributed by atoms with Crippen LogP contribution in [-0.2, 0) is 11.3 Å². The summed E-state index contributed by atoms with van der Waals surface area (Å²) in [5, 5.41) is 12.8. The Morgan fingerprint density at radius 2 is 2.00 bits per heavy atom. The second-order valence-corrected chi connectivity index (χ2v) is 7.57. The normalized spacial score (nSPS) is 33.8. The van der Waals surface area contributed by atoms with E-state index in [2.05, 4.69) is 58.4 Å². The highest BCUT2D eigenvalue weighted by atomic mass is 16.2. The number of hydrogen-bond donors (Lipinski definition) is 3. The van der Waals surface area contributed by atoms with Gasteiger partial charge < -0.3 is 16.0 Å². The Kier molecular flexibility index (Phi) is 3.19. The SMILES string of the molecule is O=C(NCc1cccc2ccccc12)C12NCC3CC1CNC2C3. The Balaban J connectivity index is 1.39. The molecule has 24 heavy (non-hydrogen) atoms. The summed E-state index contributed by atoms with van der Waals surface area (Å²) in [7, 11) is 0. The second kappa shape index (κ2) is 5.30. The predicted octanol–water partition coefficient (Wildman–Crippen LogP) is 1.80. The summed E-state index contributed by atoms with van der Waals surface area (Å²) in [5.41, 5.74) is 0.793. The lowest BCUT2D eigenvalue weighted by Crippen LogP contribution is -2.72. The van der Waals surface area contributed by atoms with E-state index >= 15 is 0 Å². The third-order valence-electron chi connectivity index (χ3n) is 6.37. The molecule has 4 nitrogen and oxygen atoms in total. The van der Waals surface area contributed by atoms with Gasteiger partial charge in [-0.2, -0.15) is 0 Å². The molecule has 3 saturated heterocycles. The quantitative estimate of drug-likeness (QED) is 0.808. The summed E-state index contributed by atoms with van der Waals surface area (Å²) < 4.78 is 0. The molecule has 2 aromatic rings. The Labute approximate surface area is 142 Å². The highest BCUT2D eigenvalue weighted by Gasteiger charge is 2.61. The minimum atomic E-state index is -0.390. The number of rotatable bonds is 3. The standard InChI is InChI=1S/C20H23N3O/c24-19(20-16-8-13(10-23-20)9-18(20)21-12-16)22-11-15-6-3-5-14-4-1-2-7-17(14)15/h1-7,13,16,18,21,23H,8-12H2,(H,22,24). The lowest BCUT2D eigenvalue weighted by molar-refractivity contribution is -0.134. The first-order valence-corrected chi connectivity index (χ1v) is 9.01. The molecule has 1 amide bonds. The van der Waals surface area contributed by atoms with Crippen molar-refractivity contribution >= 4 is 16.7 Å². The van der Waals surface area contributed by atoms with Crippen LogP contribution in [-0.4, -0.2) is 30.6 Å². The van der Waals surface area contributed by atoms with Gasteiger partial charge in [0.1, 0.15) is 5.54 Å². The molecule has 0 aromatic heterocycles. The lowest BCUT2D eigenvalue weighted by Gasteiger charge is -2.50. The van der Waals surface area contributed by atoms with Crippen molar-refractivity contribution < 1.29 is 4.79 Å². The van der Waals surface area contributed by atoms with E-state index in [0.29, 0.717) is 18.5 Å². The molecule has 4 bridgehead atoms. The predicted molar refractivity (Wildman–Crippen MR) is 94.5 cm³/mol. The van der Waals surface area contributed by atoms with E-state index in [9.17, 15) is 4.79 Å². The minimum absolute atomic E-state index is 0.175. The van der Waals surface area contributed by atoms with Crippen LogP contribution in [0.2, 0.25) is 0 Å². The number of fused-ring (bicyclic) bond motifs is 2. The van der Waals surface area contributed by atoms with Crippen molar-refractivity contribution in [3.05, 3.63) is 48.0 Å². The Bertz CT molecular complexity index is 783. The maximum atomic E-state index is 13.1. The van der Waals surface area contributed by atoms with E-state index in [-0.39, 0.29) is 11.4 Å². The summed E-state index contributed by atoms with van der Waals surface area (Å²) >= 11 is 0. The van der Waals surface area contributed by atoms with Gasteiger partial charge in [-0.3, -0.25) is 4.79 Å². The molecule has 4 heteroatoms. The molecule has 6 rings (SSSR count). The van der Waals surface area contributed by atoms with E-state index in [4.69, 9.17) is 0 Å². The summed E-state index contributed by atoms with van der Waals surface area (Å²) in [4.78, 5) is 13.1. The van der Waals surface area contributed by atoms with Crippen LogP contribution in [0.15, 0.2) is 42.5 Å². The fraction of sp³-hybridized carbons (Fsp3) is 0.450. The van der Waals surface area contributed by atoms with E-state index in [0.717, 1.165) is 25.4 Å². The summed E-state index contributed by atoms with van der Waals surface area (Å²) in [6.07, 6.45) is 2.31. The van der Waals surface area contributed by atoms with Gasteiger partial charge in [0.15, 0.2) is 0 Å². The van der Waals surface area contributed by atoms with Gasteiger partial charge in [0.25, 0.3) is 0 Å². The zero-order valence-corrected chi connectivity index (χ0v) is 13.7. The van der Waals surface area contributed by atoms with Crippen LogP contribution in [0.1, 0.15) is 18.4 Å². The molecule has 4 aliphatic rings. The molecule has 0 spiro atoms. The molecule has 3 aliphatic heterocycles. The summed E-state index contributed by atoms with van der Waals surface area (Å²) in [6.45, 7) is 2.54. The van der Waals surface area contributed by atoms with Crippen LogP contribution in [0, 0.1) is 11.8 Å². The number of benzene rings is 2. The first-order chi connectivity index (χ1) is 11.8. The van der Waals surface area contributed by atoms with Crippen LogP contribution in [0.3, 0.4) is 0 Å². The second-order valence-electron chi connectivity index (χ2n) is 7.57. The smallest absolute Gasteiger partial charge is 0.242 e. The topological polar surface area (TPSA) is 53.2 Å². The zero-order chi connectivity index (χ0) is 16.1. The van der Waals surface area contributed by atoms with Gasteiger partial charge >= 0.3 is 0 Å². The molecule has 4 fully saturated rings. The molecule has 2 aromatic carbocycles. The highest BCUT2D eigenvalue weighted by Crippen LogP contribution is 2.45. The lowest BCUT2D eigenvalue weighted by atomic mass is 9.64. The molecule has 1 aliphatic carbocycles. The summed E-state index contributed by atoms with van der Waals surface area (Å²) in [6, 6.07) is 14.9. The Morgan fingerprint density at radius 3 is 2.92 bits per heavy atom. The molecular formula is C20H23N3O. The van der Waals surface area contributed by atoms with Crippen LogP contribution in [0.25, 0.3) is 10.8 Å². The fourth-order valence-corrected chi connectivity index (χ4v) is 5.20. The molecule has 3 N–H and O–H groups in total.